The molecule has 0 aliphatic carbocycles. The largest absolute Gasteiger partial charge is 0.366 e. The summed E-state index contributed by atoms with van der Waals surface area (Å²) in [6.45, 7) is 2.09. The first kappa shape index (κ1) is 13.1. The number of aryl methyl sites for hydroxylation is 2. The number of hydrogen-bond donors (Lipinski definition) is 1. The third-order valence-electron chi connectivity index (χ3n) is 2.89. The smallest absolute Gasteiger partial charge is 0.259 e. The Morgan fingerprint density at radius 2 is 2.21 bits per heavy atom. The molecular formula is C13H16N4O2. The van der Waals surface area contributed by atoms with E-state index in [1.165, 1.54) is 11.1 Å². The van der Waals surface area contributed by atoms with Crippen molar-refractivity contribution in [2.45, 2.75) is 13.5 Å². The second-order valence-electron chi connectivity index (χ2n) is 4.56. The second-order valence-corrected chi connectivity index (χ2v) is 4.56. The number of pyridine rings is 1. The number of carbonyl (C=O) groups excluding carboxylic acids is 1. The maximum Gasteiger partial charge on any atom is 0.259 e. The summed E-state index contributed by atoms with van der Waals surface area (Å²) in [5.74, 6) is -0.297. The van der Waals surface area contributed by atoms with Gasteiger partial charge in [-0.2, -0.15) is 5.10 Å². The Balaban J connectivity index is 2.19. The number of aromatic amines is 1. The lowest BCUT2D eigenvalue weighted by atomic mass is 10.2. The SMILES string of the molecule is Cc1c[nH]cc(C(=O)N(C)Cc2cnn(C)c2)c1=O. The molecule has 6 heteroatoms. The molecule has 19 heavy (non-hydrogen) atoms. The van der Waals surface area contributed by atoms with Crippen molar-refractivity contribution in [1.82, 2.24) is 19.7 Å². The zero-order chi connectivity index (χ0) is 14.0. The lowest BCUT2D eigenvalue weighted by molar-refractivity contribution is 0.0783. The maximum absolute atomic E-state index is 12.2. The molecular weight excluding hydrogens is 244 g/mol. The Kier molecular flexibility index (Phi) is 3.50. The number of hydrogen-bond acceptors (Lipinski definition) is 3. The standard InChI is InChI=1S/C13H16N4O2/c1-9-4-14-6-11(12(9)18)13(19)16(2)7-10-5-15-17(3)8-10/h4-6,8H,7H2,1-3H3,(H,14,18). The van der Waals surface area contributed by atoms with Crippen LogP contribution in [0.15, 0.2) is 29.6 Å². The average Bonchev–Trinajstić information content (AvgIpc) is 2.77. The quantitative estimate of drug-likeness (QED) is 0.882. The topological polar surface area (TPSA) is 71.0 Å². The van der Waals surface area contributed by atoms with Gasteiger partial charge in [0.15, 0.2) is 5.43 Å². The van der Waals surface area contributed by atoms with E-state index < -0.39 is 0 Å². The molecule has 0 fully saturated rings. The zero-order valence-corrected chi connectivity index (χ0v) is 11.2. The molecule has 0 aliphatic heterocycles. The Labute approximate surface area is 110 Å². The minimum absolute atomic E-state index is 0.159. The molecule has 1 amide bonds. The van der Waals surface area contributed by atoms with Crippen molar-refractivity contribution in [3.05, 3.63) is 51.7 Å². The Morgan fingerprint density at radius 1 is 1.47 bits per heavy atom. The van der Waals surface area contributed by atoms with Crippen LogP contribution in [0.1, 0.15) is 21.5 Å². The van der Waals surface area contributed by atoms with Crippen molar-refractivity contribution in [3.8, 4) is 0 Å². The van der Waals surface area contributed by atoms with Gasteiger partial charge in [0.1, 0.15) is 5.56 Å². The molecule has 0 aliphatic rings. The fourth-order valence-electron chi connectivity index (χ4n) is 1.86. The van der Waals surface area contributed by atoms with Crippen LogP contribution in [0.3, 0.4) is 0 Å². The van der Waals surface area contributed by atoms with E-state index in [9.17, 15) is 9.59 Å². The first-order valence-electron chi connectivity index (χ1n) is 5.89. The molecule has 1 N–H and O–H groups in total. The lowest BCUT2D eigenvalue weighted by Crippen LogP contribution is -2.31. The first-order valence-corrected chi connectivity index (χ1v) is 5.89. The van der Waals surface area contributed by atoms with Gasteiger partial charge < -0.3 is 9.88 Å². The van der Waals surface area contributed by atoms with Gasteiger partial charge in [0.2, 0.25) is 0 Å². The van der Waals surface area contributed by atoms with Gasteiger partial charge in [-0.15, -0.1) is 0 Å². The third kappa shape index (κ3) is 2.73. The van der Waals surface area contributed by atoms with E-state index in [1.807, 2.05) is 13.2 Å². The number of carbonyl (C=O) groups is 1. The highest BCUT2D eigenvalue weighted by atomic mass is 16.2. The predicted octanol–water partition coefficient (Wildman–Crippen LogP) is 0.689. The van der Waals surface area contributed by atoms with Gasteiger partial charge in [-0.1, -0.05) is 0 Å². The number of amides is 1. The molecule has 2 rings (SSSR count). The van der Waals surface area contributed by atoms with Crippen molar-refractivity contribution in [2.75, 3.05) is 7.05 Å². The zero-order valence-electron chi connectivity index (χ0n) is 11.2. The predicted molar refractivity (Wildman–Crippen MR) is 70.8 cm³/mol. The van der Waals surface area contributed by atoms with Crippen LogP contribution in [0.5, 0.6) is 0 Å². The third-order valence-corrected chi connectivity index (χ3v) is 2.89. The van der Waals surface area contributed by atoms with Crippen molar-refractivity contribution in [3.63, 3.8) is 0 Å². The normalized spacial score (nSPS) is 10.5. The number of aromatic nitrogens is 3. The fourth-order valence-corrected chi connectivity index (χ4v) is 1.86. The van der Waals surface area contributed by atoms with E-state index in [0.717, 1.165) is 5.56 Å². The molecule has 0 saturated carbocycles. The molecule has 6 nitrogen and oxygen atoms in total. The summed E-state index contributed by atoms with van der Waals surface area (Å²) in [5.41, 5.74) is 1.37. The summed E-state index contributed by atoms with van der Waals surface area (Å²) < 4.78 is 1.67. The molecule has 0 bridgehead atoms. The van der Waals surface area contributed by atoms with Crippen molar-refractivity contribution in [1.29, 1.82) is 0 Å². The van der Waals surface area contributed by atoms with Gasteiger partial charge in [-0.3, -0.25) is 14.3 Å². The van der Waals surface area contributed by atoms with E-state index >= 15 is 0 Å². The highest BCUT2D eigenvalue weighted by Gasteiger charge is 2.16. The summed E-state index contributed by atoms with van der Waals surface area (Å²) >= 11 is 0. The fraction of sp³-hybridized carbons (Fsp3) is 0.308. The summed E-state index contributed by atoms with van der Waals surface area (Å²) in [4.78, 5) is 28.4. The first-order chi connectivity index (χ1) is 8.99. The van der Waals surface area contributed by atoms with Crippen molar-refractivity contribution < 1.29 is 4.79 Å². The van der Waals surface area contributed by atoms with Crippen LogP contribution in [0.4, 0.5) is 0 Å². The average molecular weight is 260 g/mol. The molecule has 100 valence electrons. The molecule has 0 atom stereocenters. The van der Waals surface area contributed by atoms with Crippen molar-refractivity contribution >= 4 is 5.91 Å². The molecule has 0 saturated heterocycles. The van der Waals surface area contributed by atoms with E-state index in [-0.39, 0.29) is 16.9 Å². The number of H-pyrrole nitrogens is 1. The highest BCUT2D eigenvalue weighted by Crippen LogP contribution is 2.05. The molecule has 0 aromatic carbocycles. The van der Waals surface area contributed by atoms with Gasteiger partial charge >= 0.3 is 0 Å². The Bertz CT molecular complexity index is 657. The maximum atomic E-state index is 12.2. The molecule has 0 spiro atoms. The van der Waals surface area contributed by atoms with E-state index in [4.69, 9.17) is 0 Å². The van der Waals surface area contributed by atoms with Gasteiger partial charge in [0, 0.05) is 50.4 Å². The lowest BCUT2D eigenvalue weighted by Gasteiger charge is -2.15. The summed E-state index contributed by atoms with van der Waals surface area (Å²) in [7, 11) is 3.48. The minimum atomic E-state index is -0.297. The van der Waals surface area contributed by atoms with Crippen LogP contribution in [-0.2, 0) is 13.6 Å². The minimum Gasteiger partial charge on any atom is -0.366 e. The molecule has 2 aromatic heterocycles. The highest BCUT2D eigenvalue weighted by molar-refractivity contribution is 5.93. The van der Waals surface area contributed by atoms with Crippen molar-refractivity contribution in [2.24, 2.45) is 7.05 Å². The Hall–Kier alpha value is -2.37. The van der Waals surface area contributed by atoms with Gasteiger partial charge in [0.05, 0.1) is 6.20 Å². The number of nitrogens with zero attached hydrogens (tertiary/aromatic N) is 3. The van der Waals surface area contributed by atoms with Gasteiger partial charge in [-0.05, 0) is 6.92 Å². The van der Waals surface area contributed by atoms with Crippen LogP contribution in [0.2, 0.25) is 0 Å². The van der Waals surface area contributed by atoms with Crippen LogP contribution in [-0.4, -0.2) is 32.6 Å². The van der Waals surface area contributed by atoms with E-state index in [2.05, 4.69) is 10.1 Å². The Morgan fingerprint density at radius 3 is 2.84 bits per heavy atom. The molecule has 2 heterocycles. The van der Waals surface area contributed by atoms with Gasteiger partial charge in [0.25, 0.3) is 5.91 Å². The van der Waals surface area contributed by atoms with E-state index in [1.54, 1.807) is 31.0 Å². The number of nitrogens with one attached hydrogen (secondary N) is 1. The summed E-state index contributed by atoms with van der Waals surface area (Å²) in [6.07, 6.45) is 6.56. The monoisotopic (exact) mass is 260 g/mol. The van der Waals surface area contributed by atoms with E-state index in [0.29, 0.717) is 12.1 Å². The summed E-state index contributed by atoms with van der Waals surface area (Å²) in [5, 5.41) is 4.04. The number of rotatable bonds is 3. The second kappa shape index (κ2) is 5.09. The molecule has 0 unspecified atom stereocenters. The molecule has 0 radical (unpaired) electrons. The van der Waals surface area contributed by atoms with Crippen LogP contribution >= 0.6 is 0 Å². The van der Waals surface area contributed by atoms with Crippen LogP contribution in [0.25, 0.3) is 0 Å². The van der Waals surface area contributed by atoms with Crippen LogP contribution < -0.4 is 5.43 Å². The summed E-state index contributed by atoms with van der Waals surface area (Å²) in [6, 6.07) is 0. The van der Waals surface area contributed by atoms with Gasteiger partial charge in [-0.25, -0.2) is 0 Å². The van der Waals surface area contributed by atoms with Crippen LogP contribution in [0, 0.1) is 6.92 Å². The molecule has 2 aromatic rings.